The van der Waals surface area contributed by atoms with Crippen LogP contribution < -0.4 is 5.32 Å². The largest absolute Gasteiger partial charge is 0.394 e. The number of allylic oxidation sites excluding steroid dienone is 15. The number of carbonyl (C=O) groups is 1. The number of rotatable bonds is 50. The Bertz CT molecular complexity index is 1210. The van der Waals surface area contributed by atoms with Gasteiger partial charge in [0.25, 0.3) is 0 Å². The van der Waals surface area contributed by atoms with Gasteiger partial charge in [0.2, 0.25) is 5.91 Å². The highest BCUT2D eigenvalue weighted by molar-refractivity contribution is 5.76. The first kappa shape index (κ1) is 62.3. The number of aliphatic hydroxyl groups is 2. The molecule has 0 saturated heterocycles. The molecule has 4 heteroatoms. The molecule has 0 aliphatic carbocycles. The minimum Gasteiger partial charge on any atom is -0.394 e. The Labute approximate surface area is 404 Å². The van der Waals surface area contributed by atoms with Crippen molar-refractivity contribution in [1.29, 1.82) is 0 Å². The topological polar surface area (TPSA) is 69.6 Å². The van der Waals surface area contributed by atoms with Gasteiger partial charge in [-0.25, -0.2) is 0 Å². The molecule has 0 aromatic rings. The van der Waals surface area contributed by atoms with Gasteiger partial charge in [-0.2, -0.15) is 0 Å². The molecule has 0 fully saturated rings. The van der Waals surface area contributed by atoms with E-state index in [-0.39, 0.29) is 12.5 Å². The van der Waals surface area contributed by atoms with Crippen LogP contribution in [-0.2, 0) is 4.79 Å². The van der Waals surface area contributed by atoms with Crippen molar-refractivity contribution in [1.82, 2.24) is 5.32 Å². The van der Waals surface area contributed by atoms with E-state index in [1.54, 1.807) is 6.08 Å². The van der Waals surface area contributed by atoms with Crippen LogP contribution in [0.15, 0.2) is 97.2 Å². The molecule has 0 bridgehead atoms. The van der Waals surface area contributed by atoms with Crippen molar-refractivity contribution in [3.05, 3.63) is 97.2 Å². The van der Waals surface area contributed by atoms with Crippen LogP contribution in [0.3, 0.4) is 0 Å². The van der Waals surface area contributed by atoms with Gasteiger partial charge < -0.3 is 15.5 Å². The van der Waals surface area contributed by atoms with Crippen molar-refractivity contribution < 1.29 is 15.0 Å². The normalized spacial score (nSPS) is 13.6. The molecule has 0 aliphatic rings. The molecule has 3 N–H and O–H groups in total. The molecule has 4 nitrogen and oxygen atoms in total. The standard InChI is InChI=1S/C61H107NO3/c1-3-5-7-9-11-13-15-17-19-21-23-25-27-28-29-30-31-32-33-35-36-38-40-42-44-46-48-50-52-54-56-60(64)59(58-63)62-61(65)57-55-53-51-49-47-45-43-41-39-37-34-26-24-22-20-18-16-14-12-10-8-6-4-2/h6,8,12,14,18,20,24,26,37,39,43,45,49,51,54,56,59-60,63-64H,3-5,7,9-11,13,15-17,19,21-23,25,27-36,38,40-42,44,46-48,50,52-53,55,57-58H2,1-2H3,(H,62,65)/b8-6-,14-12-,20-18-,26-24-,39-37-,45-43-,51-49-,56-54+. The zero-order valence-corrected chi connectivity index (χ0v) is 43.0. The zero-order chi connectivity index (χ0) is 47.0. The second kappa shape index (κ2) is 55.6. The number of nitrogens with one attached hydrogen (secondary N) is 1. The molecule has 0 spiro atoms. The van der Waals surface area contributed by atoms with Crippen LogP contribution in [-0.4, -0.2) is 34.9 Å². The number of hydrogen-bond acceptors (Lipinski definition) is 3. The lowest BCUT2D eigenvalue weighted by atomic mass is 10.0. The van der Waals surface area contributed by atoms with Gasteiger partial charge in [-0.3, -0.25) is 4.79 Å². The molecule has 0 rings (SSSR count). The molecule has 0 aromatic heterocycles. The summed E-state index contributed by atoms with van der Waals surface area (Å²) in [5.41, 5.74) is 0. The Kier molecular flexibility index (Phi) is 53.3. The predicted octanol–water partition coefficient (Wildman–Crippen LogP) is 18.5. The lowest BCUT2D eigenvalue weighted by molar-refractivity contribution is -0.122. The maximum absolute atomic E-state index is 12.4. The highest BCUT2D eigenvalue weighted by Crippen LogP contribution is 2.17. The molecule has 374 valence electrons. The highest BCUT2D eigenvalue weighted by Gasteiger charge is 2.17. The minimum atomic E-state index is -0.871. The Balaban J connectivity index is 3.60. The summed E-state index contributed by atoms with van der Waals surface area (Å²) in [4.78, 5) is 12.4. The molecule has 0 saturated carbocycles. The van der Waals surface area contributed by atoms with Crippen LogP contribution >= 0.6 is 0 Å². The Morgan fingerprint density at radius 3 is 1.00 bits per heavy atom. The quantitative estimate of drug-likeness (QED) is 0.0421. The summed E-state index contributed by atoms with van der Waals surface area (Å²) in [6.07, 6.45) is 82.9. The fraction of sp³-hybridized carbons (Fsp3) is 0.721. The van der Waals surface area contributed by atoms with Crippen LogP contribution in [0.5, 0.6) is 0 Å². The Morgan fingerprint density at radius 2 is 0.677 bits per heavy atom. The average Bonchev–Trinajstić information content (AvgIpc) is 3.31. The predicted molar refractivity (Wildman–Crippen MR) is 290 cm³/mol. The van der Waals surface area contributed by atoms with E-state index in [0.29, 0.717) is 6.42 Å². The molecule has 0 radical (unpaired) electrons. The van der Waals surface area contributed by atoms with Crippen molar-refractivity contribution in [2.75, 3.05) is 6.61 Å². The van der Waals surface area contributed by atoms with Gasteiger partial charge >= 0.3 is 0 Å². The number of aliphatic hydroxyl groups excluding tert-OH is 2. The lowest BCUT2D eigenvalue weighted by Crippen LogP contribution is -2.45. The molecular formula is C61H107NO3. The summed E-state index contributed by atoms with van der Waals surface area (Å²) in [7, 11) is 0. The summed E-state index contributed by atoms with van der Waals surface area (Å²) in [5.74, 6) is -0.123. The van der Waals surface area contributed by atoms with Crippen molar-refractivity contribution in [3.63, 3.8) is 0 Å². The highest BCUT2D eigenvalue weighted by atomic mass is 16.3. The van der Waals surface area contributed by atoms with Gasteiger partial charge in [-0.05, 0) is 70.6 Å². The van der Waals surface area contributed by atoms with Crippen LogP contribution in [0.1, 0.15) is 264 Å². The third-order valence-electron chi connectivity index (χ3n) is 12.3. The van der Waals surface area contributed by atoms with E-state index in [9.17, 15) is 15.0 Å². The summed E-state index contributed by atoms with van der Waals surface area (Å²) in [6, 6.07) is -0.661. The van der Waals surface area contributed by atoms with Crippen LogP contribution in [0, 0.1) is 0 Å². The van der Waals surface area contributed by atoms with Gasteiger partial charge in [-0.1, -0.05) is 284 Å². The van der Waals surface area contributed by atoms with Crippen LogP contribution in [0.25, 0.3) is 0 Å². The van der Waals surface area contributed by atoms with Gasteiger partial charge in [0, 0.05) is 6.42 Å². The summed E-state index contributed by atoms with van der Waals surface area (Å²) < 4.78 is 0. The third-order valence-corrected chi connectivity index (χ3v) is 12.3. The Hall–Kier alpha value is -2.69. The van der Waals surface area contributed by atoms with E-state index in [0.717, 1.165) is 70.6 Å². The molecule has 1 amide bonds. The Morgan fingerprint density at radius 1 is 0.385 bits per heavy atom. The van der Waals surface area contributed by atoms with Crippen molar-refractivity contribution >= 4 is 5.91 Å². The molecule has 0 aromatic carbocycles. The van der Waals surface area contributed by atoms with E-state index in [2.05, 4.69) is 104 Å². The molecule has 65 heavy (non-hydrogen) atoms. The van der Waals surface area contributed by atoms with Crippen molar-refractivity contribution in [3.8, 4) is 0 Å². The van der Waals surface area contributed by atoms with E-state index in [1.165, 1.54) is 173 Å². The van der Waals surface area contributed by atoms with Crippen LogP contribution in [0.4, 0.5) is 0 Å². The first-order chi connectivity index (χ1) is 32.2. The average molecular weight is 903 g/mol. The third kappa shape index (κ3) is 52.1. The minimum absolute atomic E-state index is 0.123. The van der Waals surface area contributed by atoms with Crippen molar-refractivity contribution in [2.45, 2.75) is 276 Å². The van der Waals surface area contributed by atoms with E-state index in [1.807, 2.05) is 6.08 Å². The van der Waals surface area contributed by atoms with Gasteiger partial charge in [0.05, 0.1) is 18.8 Å². The van der Waals surface area contributed by atoms with E-state index in [4.69, 9.17) is 0 Å². The maximum atomic E-state index is 12.4. The van der Waals surface area contributed by atoms with Crippen molar-refractivity contribution in [2.24, 2.45) is 0 Å². The summed E-state index contributed by atoms with van der Waals surface area (Å²) in [5, 5.41) is 23.1. The summed E-state index contributed by atoms with van der Waals surface area (Å²) in [6.45, 7) is 4.18. The van der Waals surface area contributed by atoms with E-state index < -0.39 is 12.1 Å². The number of amides is 1. The fourth-order valence-corrected chi connectivity index (χ4v) is 8.11. The van der Waals surface area contributed by atoms with Gasteiger partial charge in [0.15, 0.2) is 0 Å². The first-order valence-electron chi connectivity index (χ1n) is 28.0. The number of unbranched alkanes of at least 4 members (excludes halogenated alkanes) is 29. The van der Waals surface area contributed by atoms with Crippen LogP contribution in [0.2, 0.25) is 0 Å². The number of hydrogen-bond donors (Lipinski definition) is 3. The monoisotopic (exact) mass is 902 g/mol. The lowest BCUT2D eigenvalue weighted by Gasteiger charge is -2.19. The molecule has 2 unspecified atom stereocenters. The second-order valence-electron chi connectivity index (χ2n) is 18.6. The maximum Gasteiger partial charge on any atom is 0.220 e. The molecular weight excluding hydrogens is 795 g/mol. The fourth-order valence-electron chi connectivity index (χ4n) is 8.11. The zero-order valence-electron chi connectivity index (χ0n) is 43.0. The smallest absolute Gasteiger partial charge is 0.220 e. The SMILES string of the molecule is CC/C=C\C/C=C\C/C=C\C/C=C\C/C=C\C/C=C\C/C=C\CCCC(=O)NC(CO)C(O)/C=C/CCCCCCCCCCCCCCCCCCCCCCCCCCCCCC. The van der Waals surface area contributed by atoms with Gasteiger partial charge in [-0.15, -0.1) is 0 Å². The molecule has 2 atom stereocenters. The number of carbonyl (C=O) groups excluding carboxylic acids is 1. The molecule has 0 aliphatic heterocycles. The molecule has 0 heterocycles. The van der Waals surface area contributed by atoms with E-state index >= 15 is 0 Å². The first-order valence-corrected chi connectivity index (χ1v) is 28.0. The summed E-state index contributed by atoms with van der Waals surface area (Å²) >= 11 is 0. The second-order valence-corrected chi connectivity index (χ2v) is 18.6. The van der Waals surface area contributed by atoms with Gasteiger partial charge in [0.1, 0.15) is 0 Å².